The van der Waals surface area contributed by atoms with Crippen molar-refractivity contribution < 1.29 is 9.59 Å². The van der Waals surface area contributed by atoms with E-state index < -0.39 is 0 Å². The number of carbonyl (C=O) groups excluding carboxylic acids is 2. The van der Waals surface area contributed by atoms with Crippen LogP contribution < -0.4 is 5.32 Å². The van der Waals surface area contributed by atoms with E-state index in [9.17, 15) is 9.59 Å². The van der Waals surface area contributed by atoms with Crippen LogP contribution in [0.3, 0.4) is 0 Å². The third-order valence-electron chi connectivity index (χ3n) is 2.80. The fraction of sp³-hybridized carbons (Fsp3) is 0.125. The lowest BCUT2D eigenvalue weighted by atomic mass is 10.1. The van der Waals surface area contributed by atoms with Crippen molar-refractivity contribution in [2.75, 3.05) is 5.32 Å². The molecule has 2 aromatic rings. The Morgan fingerprint density at radius 2 is 1.55 bits per heavy atom. The van der Waals surface area contributed by atoms with Crippen LogP contribution in [-0.4, -0.2) is 11.7 Å². The van der Waals surface area contributed by atoms with E-state index in [4.69, 9.17) is 0 Å². The van der Waals surface area contributed by atoms with Crippen LogP contribution in [-0.2, 0) is 4.79 Å². The molecule has 2 aromatic carbocycles. The highest BCUT2D eigenvalue weighted by Gasteiger charge is 2.09. The summed E-state index contributed by atoms with van der Waals surface area (Å²) in [7, 11) is 0. The second kappa shape index (κ2) is 7.01. The van der Waals surface area contributed by atoms with Crippen molar-refractivity contribution in [2.24, 2.45) is 0 Å². The van der Waals surface area contributed by atoms with Gasteiger partial charge in [0.15, 0.2) is 5.78 Å². The van der Waals surface area contributed by atoms with Gasteiger partial charge in [0, 0.05) is 28.6 Å². The van der Waals surface area contributed by atoms with Crippen LogP contribution in [0.4, 0.5) is 5.69 Å². The van der Waals surface area contributed by atoms with Crippen LogP contribution in [0.1, 0.15) is 23.2 Å². The minimum absolute atomic E-state index is 0.0271. The number of para-hydroxylation sites is 1. The molecule has 0 unspecified atom stereocenters. The van der Waals surface area contributed by atoms with Crippen molar-refractivity contribution in [3.05, 3.63) is 64.6 Å². The van der Waals surface area contributed by atoms with E-state index in [0.29, 0.717) is 5.56 Å². The average molecular weight is 332 g/mol. The number of ketones is 1. The molecule has 0 aromatic heterocycles. The highest BCUT2D eigenvalue weighted by molar-refractivity contribution is 9.10. The van der Waals surface area contributed by atoms with Gasteiger partial charge in [-0.1, -0.05) is 46.3 Å². The summed E-state index contributed by atoms with van der Waals surface area (Å²) in [5.41, 5.74) is 1.37. The van der Waals surface area contributed by atoms with Crippen LogP contribution in [0.25, 0.3) is 0 Å². The van der Waals surface area contributed by atoms with Gasteiger partial charge in [0.25, 0.3) is 0 Å². The highest BCUT2D eigenvalue weighted by atomic mass is 79.9. The zero-order chi connectivity index (χ0) is 14.4. The van der Waals surface area contributed by atoms with E-state index in [2.05, 4.69) is 21.2 Å². The van der Waals surface area contributed by atoms with Gasteiger partial charge in [-0.25, -0.2) is 0 Å². The van der Waals surface area contributed by atoms with Gasteiger partial charge in [-0.05, 0) is 24.3 Å². The molecule has 4 heteroatoms. The van der Waals surface area contributed by atoms with Crippen molar-refractivity contribution in [3.63, 3.8) is 0 Å². The van der Waals surface area contributed by atoms with Crippen LogP contribution in [0.5, 0.6) is 0 Å². The Hall–Kier alpha value is -1.94. The summed E-state index contributed by atoms with van der Waals surface area (Å²) >= 11 is 3.32. The lowest BCUT2D eigenvalue weighted by Crippen LogP contribution is -2.13. The number of carbonyl (C=O) groups is 2. The Morgan fingerprint density at radius 3 is 2.20 bits per heavy atom. The second-order valence-electron chi connectivity index (χ2n) is 4.34. The van der Waals surface area contributed by atoms with Crippen LogP contribution in [0.15, 0.2) is 59.1 Å². The number of rotatable bonds is 5. The SMILES string of the molecule is O=C(CCC(=O)c1ccc(Br)cc1)Nc1ccccc1. The van der Waals surface area contributed by atoms with Gasteiger partial charge >= 0.3 is 0 Å². The first-order valence-electron chi connectivity index (χ1n) is 6.29. The lowest BCUT2D eigenvalue weighted by molar-refractivity contribution is -0.116. The number of halogens is 1. The van der Waals surface area contributed by atoms with Gasteiger partial charge in [0.1, 0.15) is 0 Å². The number of hydrogen-bond acceptors (Lipinski definition) is 2. The standard InChI is InChI=1S/C16H14BrNO2/c17-13-8-6-12(7-9-13)15(19)10-11-16(20)18-14-4-2-1-3-5-14/h1-9H,10-11H2,(H,18,20). The maximum atomic E-state index is 11.9. The number of amides is 1. The fourth-order valence-corrected chi connectivity index (χ4v) is 2.02. The molecular formula is C16H14BrNO2. The number of Topliss-reactive ketones (excluding diaryl/α,β-unsaturated/α-hetero) is 1. The molecule has 0 heterocycles. The topological polar surface area (TPSA) is 46.2 Å². The first-order valence-corrected chi connectivity index (χ1v) is 7.08. The molecular weight excluding hydrogens is 318 g/mol. The molecule has 1 N–H and O–H groups in total. The van der Waals surface area contributed by atoms with Crippen molar-refractivity contribution in [1.82, 2.24) is 0 Å². The maximum Gasteiger partial charge on any atom is 0.224 e. The van der Waals surface area contributed by atoms with E-state index >= 15 is 0 Å². The molecule has 2 rings (SSSR count). The molecule has 0 spiro atoms. The molecule has 0 radical (unpaired) electrons. The average Bonchev–Trinajstić information content (AvgIpc) is 2.46. The molecule has 20 heavy (non-hydrogen) atoms. The molecule has 0 aliphatic rings. The van der Waals surface area contributed by atoms with Crippen molar-refractivity contribution in [2.45, 2.75) is 12.8 Å². The van der Waals surface area contributed by atoms with Gasteiger partial charge in [0.2, 0.25) is 5.91 Å². The van der Waals surface area contributed by atoms with E-state index in [1.165, 1.54) is 0 Å². The molecule has 0 saturated heterocycles. The summed E-state index contributed by atoms with van der Waals surface area (Å²) in [6.07, 6.45) is 0.393. The molecule has 0 atom stereocenters. The van der Waals surface area contributed by atoms with Gasteiger partial charge in [-0.2, -0.15) is 0 Å². The molecule has 0 aliphatic carbocycles. The number of benzene rings is 2. The highest BCUT2D eigenvalue weighted by Crippen LogP contribution is 2.13. The van der Waals surface area contributed by atoms with E-state index in [0.717, 1.165) is 10.2 Å². The molecule has 0 saturated carbocycles. The Morgan fingerprint density at radius 1 is 0.900 bits per heavy atom. The van der Waals surface area contributed by atoms with Crippen molar-refractivity contribution in [1.29, 1.82) is 0 Å². The minimum atomic E-state index is -0.151. The maximum absolute atomic E-state index is 11.9. The summed E-state index contributed by atoms with van der Waals surface area (Å²) in [6, 6.07) is 16.3. The van der Waals surface area contributed by atoms with Crippen molar-refractivity contribution in [3.8, 4) is 0 Å². The molecule has 1 amide bonds. The predicted molar refractivity (Wildman–Crippen MR) is 82.8 cm³/mol. The zero-order valence-corrected chi connectivity index (χ0v) is 12.4. The first kappa shape index (κ1) is 14.5. The van der Waals surface area contributed by atoms with Crippen LogP contribution in [0, 0.1) is 0 Å². The molecule has 3 nitrogen and oxygen atoms in total. The minimum Gasteiger partial charge on any atom is -0.326 e. The van der Waals surface area contributed by atoms with E-state index in [-0.39, 0.29) is 24.5 Å². The molecule has 0 aliphatic heterocycles. The number of anilines is 1. The third-order valence-corrected chi connectivity index (χ3v) is 3.33. The van der Waals surface area contributed by atoms with Crippen LogP contribution >= 0.6 is 15.9 Å². The number of nitrogens with one attached hydrogen (secondary N) is 1. The van der Waals surface area contributed by atoms with E-state index in [1.807, 2.05) is 42.5 Å². The van der Waals surface area contributed by atoms with Gasteiger partial charge < -0.3 is 5.32 Å². The summed E-state index contributed by atoms with van der Waals surface area (Å²) in [5, 5.41) is 2.76. The lowest BCUT2D eigenvalue weighted by Gasteiger charge is -2.04. The molecule has 102 valence electrons. The summed E-state index contributed by atoms with van der Waals surface area (Å²) in [5.74, 6) is -0.178. The Labute approximate surface area is 126 Å². The fourth-order valence-electron chi connectivity index (χ4n) is 1.75. The normalized spacial score (nSPS) is 10.1. The van der Waals surface area contributed by atoms with Crippen LogP contribution in [0.2, 0.25) is 0 Å². The Balaban J connectivity index is 1.84. The van der Waals surface area contributed by atoms with Gasteiger partial charge in [-0.3, -0.25) is 9.59 Å². The predicted octanol–water partition coefficient (Wildman–Crippen LogP) is 4.05. The molecule has 0 fully saturated rings. The van der Waals surface area contributed by atoms with Crippen molar-refractivity contribution >= 4 is 33.3 Å². The summed E-state index contributed by atoms with van der Waals surface area (Å²) in [6.45, 7) is 0. The number of hydrogen-bond donors (Lipinski definition) is 1. The van der Waals surface area contributed by atoms with Gasteiger partial charge in [-0.15, -0.1) is 0 Å². The quantitative estimate of drug-likeness (QED) is 0.840. The Bertz CT molecular complexity index is 594. The summed E-state index contributed by atoms with van der Waals surface area (Å²) in [4.78, 5) is 23.6. The second-order valence-corrected chi connectivity index (χ2v) is 5.26. The third kappa shape index (κ3) is 4.31. The zero-order valence-electron chi connectivity index (χ0n) is 10.8. The Kier molecular flexibility index (Phi) is 5.07. The monoisotopic (exact) mass is 331 g/mol. The van der Waals surface area contributed by atoms with E-state index in [1.54, 1.807) is 12.1 Å². The molecule has 0 bridgehead atoms. The largest absolute Gasteiger partial charge is 0.326 e. The summed E-state index contributed by atoms with van der Waals surface area (Å²) < 4.78 is 0.927. The van der Waals surface area contributed by atoms with Gasteiger partial charge in [0.05, 0.1) is 0 Å². The smallest absolute Gasteiger partial charge is 0.224 e. The first-order chi connectivity index (χ1) is 9.65.